The molecule has 21 heavy (non-hydrogen) atoms. The molecule has 0 bridgehead atoms. The summed E-state index contributed by atoms with van der Waals surface area (Å²) >= 11 is 0. The van der Waals surface area contributed by atoms with Crippen molar-refractivity contribution in [2.75, 3.05) is 0 Å². The van der Waals surface area contributed by atoms with Crippen LogP contribution in [0.3, 0.4) is 0 Å². The van der Waals surface area contributed by atoms with Crippen LogP contribution in [-0.4, -0.2) is 0 Å². The van der Waals surface area contributed by atoms with Crippen molar-refractivity contribution in [3.8, 4) is 6.07 Å². The van der Waals surface area contributed by atoms with Crippen LogP contribution in [0.5, 0.6) is 0 Å². The van der Waals surface area contributed by atoms with Crippen LogP contribution in [0.25, 0.3) is 0 Å². The summed E-state index contributed by atoms with van der Waals surface area (Å²) < 4.78 is 0. The predicted octanol–water partition coefficient (Wildman–Crippen LogP) is 6.26. The molecule has 0 aromatic heterocycles. The van der Waals surface area contributed by atoms with E-state index in [1.807, 2.05) is 0 Å². The zero-order valence-electron chi connectivity index (χ0n) is 13.9. The molecular weight excluding hydrogens is 254 g/mol. The second kappa shape index (κ2) is 9.29. The molecule has 2 aliphatic rings. The van der Waals surface area contributed by atoms with Gasteiger partial charge in [0.15, 0.2) is 0 Å². The Labute approximate surface area is 131 Å². The van der Waals surface area contributed by atoms with Crippen LogP contribution in [-0.2, 0) is 0 Å². The van der Waals surface area contributed by atoms with Crippen molar-refractivity contribution in [2.45, 2.75) is 84.0 Å². The first-order valence-electron chi connectivity index (χ1n) is 9.39. The molecule has 0 atom stereocenters. The van der Waals surface area contributed by atoms with E-state index in [-0.39, 0.29) is 0 Å². The molecule has 0 saturated heterocycles. The summed E-state index contributed by atoms with van der Waals surface area (Å²) in [6, 6.07) is 2.46. The smallest absolute Gasteiger partial charge is 0.0655 e. The zero-order chi connectivity index (χ0) is 14.9. The Morgan fingerprint density at radius 2 is 1.52 bits per heavy atom. The lowest BCUT2D eigenvalue weighted by atomic mass is 9.69. The van der Waals surface area contributed by atoms with Crippen LogP contribution in [0.2, 0.25) is 0 Å². The van der Waals surface area contributed by atoms with E-state index in [1.54, 1.807) is 0 Å². The number of rotatable bonds is 6. The third-order valence-electron chi connectivity index (χ3n) is 5.82. The number of nitrogens with zero attached hydrogens (tertiary/aromatic N) is 1. The Kier molecular flexibility index (Phi) is 7.34. The van der Waals surface area contributed by atoms with Gasteiger partial charge in [-0.1, -0.05) is 31.9 Å². The largest absolute Gasteiger partial charge is 0.198 e. The van der Waals surface area contributed by atoms with Gasteiger partial charge in [-0.15, -0.1) is 0 Å². The van der Waals surface area contributed by atoms with Crippen LogP contribution in [0.1, 0.15) is 84.0 Å². The SMILES string of the molecule is CCCCCC=C[C@H]1CC[C@H]([C@H]2CC[C@H](C#N)CC2)CC1. The fourth-order valence-electron chi connectivity index (χ4n) is 4.33. The molecule has 2 rings (SSSR count). The Morgan fingerprint density at radius 3 is 2.10 bits per heavy atom. The van der Waals surface area contributed by atoms with Gasteiger partial charge >= 0.3 is 0 Å². The van der Waals surface area contributed by atoms with E-state index in [0.717, 1.165) is 17.8 Å². The Bertz CT molecular complexity index is 335. The molecule has 0 radical (unpaired) electrons. The predicted molar refractivity (Wildman–Crippen MR) is 89.8 cm³/mol. The maximum Gasteiger partial charge on any atom is 0.0655 e. The lowest BCUT2D eigenvalue weighted by Gasteiger charge is -2.36. The van der Waals surface area contributed by atoms with E-state index in [9.17, 15) is 0 Å². The Hall–Kier alpha value is -0.770. The fourth-order valence-corrected chi connectivity index (χ4v) is 4.33. The van der Waals surface area contributed by atoms with Crippen molar-refractivity contribution in [1.29, 1.82) is 5.26 Å². The lowest BCUT2D eigenvalue weighted by molar-refractivity contribution is 0.168. The van der Waals surface area contributed by atoms with Crippen molar-refractivity contribution in [1.82, 2.24) is 0 Å². The Balaban J connectivity index is 1.63. The van der Waals surface area contributed by atoms with Crippen LogP contribution in [0.15, 0.2) is 12.2 Å². The highest BCUT2D eigenvalue weighted by molar-refractivity contribution is 4.93. The first kappa shape index (κ1) is 16.6. The monoisotopic (exact) mass is 287 g/mol. The summed E-state index contributed by atoms with van der Waals surface area (Å²) in [6.45, 7) is 2.27. The molecule has 118 valence electrons. The molecule has 0 spiro atoms. The minimum absolute atomic E-state index is 0.364. The highest BCUT2D eigenvalue weighted by atomic mass is 14.4. The van der Waals surface area contributed by atoms with Gasteiger partial charge in [0.1, 0.15) is 0 Å². The van der Waals surface area contributed by atoms with E-state index < -0.39 is 0 Å². The summed E-state index contributed by atoms with van der Waals surface area (Å²) in [4.78, 5) is 0. The number of hydrogen-bond donors (Lipinski definition) is 0. The summed E-state index contributed by atoms with van der Waals surface area (Å²) in [5, 5.41) is 9.00. The van der Waals surface area contributed by atoms with Gasteiger partial charge < -0.3 is 0 Å². The molecule has 2 fully saturated rings. The number of allylic oxidation sites excluding steroid dienone is 2. The lowest BCUT2D eigenvalue weighted by Crippen LogP contribution is -2.25. The summed E-state index contributed by atoms with van der Waals surface area (Å²) in [5.74, 6) is 3.13. The molecule has 0 N–H and O–H groups in total. The molecular formula is C20H33N. The molecule has 0 aromatic rings. The van der Waals surface area contributed by atoms with E-state index in [2.05, 4.69) is 25.1 Å². The van der Waals surface area contributed by atoms with Crippen molar-refractivity contribution in [2.24, 2.45) is 23.7 Å². The van der Waals surface area contributed by atoms with Crippen LogP contribution >= 0.6 is 0 Å². The maximum absolute atomic E-state index is 9.00. The van der Waals surface area contributed by atoms with E-state index >= 15 is 0 Å². The molecule has 1 nitrogen and oxygen atoms in total. The summed E-state index contributed by atoms with van der Waals surface area (Å²) in [5.41, 5.74) is 0. The number of hydrogen-bond acceptors (Lipinski definition) is 1. The first-order valence-corrected chi connectivity index (χ1v) is 9.39. The van der Waals surface area contributed by atoms with Gasteiger partial charge in [0, 0.05) is 5.92 Å². The quantitative estimate of drug-likeness (QED) is 0.418. The van der Waals surface area contributed by atoms with Gasteiger partial charge in [0.05, 0.1) is 6.07 Å². The first-order chi connectivity index (χ1) is 10.3. The summed E-state index contributed by atoms with van der Waals surface area (Å²) in [6.07, 6.45) is 21.0. The van der Waals surface area contributed by atoms with Gasteiger partial charge in [0.25, 0.3) is 0 Å². The van der Waals surface area contributed by atoms with Crippen LogP contribution in [0, 0.1) is 35.0 Å². The van der Waals surface area contributed by atoms with Crippen LogP contribution < -0.4 is 0 Å². The fraction of sp³-hybridized carbons (Fsp3) is 0.850. The Morgan fingerprint density at radius 1 is 0.905 bits per heavy atom. The van der Waals surface area contributed by atoms with Gasteiger partial charge in [-0.2, -0.15) is 5.26 Å². The molecule has 2 aliphatic carbocycles. The normalized spacial score (nSPS) is 33.9. The summed E-state index contributed by atoms with van der Waals surface area (Å²) in [7, 11) is 0. The molecule has 0 aromatic carbocycles. The third-order valence-corrected chi connectivity index (χ3v) is 5.82. The van der Waals surface area contributed by atoms with Crippen molar-refractivity contribution < 1.29 is 0 Å². The zero-order valence-corrected chi connectivity index (χ0v) is 13.9. The maximum atomic E-state index is 9.00. The molecule has 0 unspecified atom stereocenters. The van der Waals surface area contributed by atoms with Crippen molar-refractivity contribution in [3.63, 3.8) is 0 Å². The van der Waals surface area contributed by atoms with Crippen LogP contribution in [0.4, 0.5) is 0 Å². The van der Waals surface area contributed by atoms with Gasteiger partial charge in [-0.3, -0.25) is 0 Å². The standard InChI is InChI=1S/C20H33N/c1-2-3-4-5-6-7-17-8-12-19(13-9-17)20-14-10-18(16-21)11-15-20/h6-7,17-20H,2-5,8-15H2,1H3/t17-,18-,19-,20-. The highest BCUT2D eigenvalue weighted by Crippen LogP contribution is 2.41. The van der Waals surface area contributed by atoms with Crippen molar-refractivity contribution >= 4 is 0 Å². The van der Waals surface area contributed by atoms with E-state index in [4.69, 9.17) is 5.26 Å². The molecule has 0 amide bonds. The minimum atomic E-state index is 0.364. The average Bonchev–Trinajstić information content (AvgIpc) is 2.55. The van der Waals surface area contributed by atoms with Crippen molar-refractivity contribution in [3.05, 3.63) is 12.2 Å². The minimum Gasteiger partial charge on any atom is -0.198 e. The highest BCUT2D eigenvalue weighted by Gasteiger charge is 2.30. The molecule has 0 heterocycles. The average molecular weight is 287 g/mol. The molecule has 1 heteroatoms. The number of unbranched alkanes of at least 4 members (excludes halogenated alkanes) is 3. The second-order valence-corrected chi connectivity index (χ2v) is 7.34. The van der Waals surface area contributed by atoms with E-state index in [1.165, 1.54) is 77.0 Å². The molecule has 2 saturated carbocycles. The third kappa shape index (κ3) is 5.50. The van der Waals surface area contributed by atoms with Gasteiger partial charge in [-0.05, 0) is 82.0 Å². The topological polar surface area (TPSA) is 23.8 Å². The van der Waals surface area contributed by atoms with E-state index in [0.29, 0.717) is 5.92 Å². The van der Waals surface area contributed by atoms with Gasteiger partial charge in [0.2, 0.25) is 0 Å². The van der Waals surface area contributed by atoms with Gasteiger partial charge in [-0.25, -0.2) is 0 Å². The second-order valence-electron chi connectivity index (χ2n) is 7.34. The molecule has 0 aliphatic heterocycles. The number of nitriles is 1.